The molecule has 2 nitrogen and oxygen atoms in total. The third kappa shape index (κ3) is 2.51. The number of carboxylic acid groups (broad SMARTS) is 1. The van der Waals surface area contributed by atoms with Crippen molar-refractivity contribution in [2.24, 2.45) is 0 Å². The van der Waals surface area contributed by atoms with Gasteiger partial charge in [0.05, 0.1) is 0 Å². The van der Waals surface area contributed by atoms with E-state index >= 15 is 0 Å². The number of hydrogen-bond acceptors (Lipinski definition) is 1. The van der Waals surface area contributed by atoms with Gasteiger partial charge in [-0.1, -0.05) is 0 Å². The van der Waals surface area contributed by atoms with E-state index in [1.54, 1.807) is 12.1 Å². The van der Waals surface area contributed by atoms with Gasteiger partial charge in [0.2, 0.25) is 0 Å². The van der Waals surface area contributed by atoms with Crippen molar-refractivity contribution in [3.05, 3.63) is 60.2 Å². The molecule has 0 unspecified atom stereocenters. The van der Waals surface area contributed by atoms with E-state index in [2.05, 4.69) is 0 Å². The summed E-state index contributed by atoms with van der Waals surface area (Å²) in [4.78, 5) is 11.0. The Morgan fingerprint density at radius 2 is 1.56 bits per heavy atom. The van der Waals surface area contributed by atoms with Crippen LogP contribution in [0.25, 0.3) is 0 Å². The van der Waals surface area contributed by atoms with Gasteiger partial charge in [0, 0.05) is 0 Å². The molecule has 2 rings (SSSR count). The molecule has 2 aromatic rings. The monoisotopic (exact) mass is 278 g/mol. The standard InChI is InChI=1S/C13H10O2Se/c14-13(15)11-8-4-5-9-12(11)16-10-6-2-1-3-7-10/h1-9H,(H,14,15). The Hall–Kier alpha value is -1.57. The molecular weight excluding hydrogens is 267 g/mol. The molecule has 0 aliphatic heterocycles. The summed E-state index contributed by atoms with van der Waals surface area (Å²) in [5.74, 6) is -0.853. The summed E-state index contributed by atoms with van der Waals surface area (Å²) in [6.45, 7) is 0. The normalized spacial score (nSPS) is 10.0. The van der Waals surface area contributed by atoms with Crippen LogP contribution in [0.5, 0.6) is 0 Å². The van der Waals surface area contributed by atoms with E-state index in [1.165, 1.54) is 4.46 Å². The number of carbonyl (C=O) groups is 1. The SMILES string of the molecule is O=C(O)c1ccccc1[Se]c1ccccc1. The van der Waals surface area contributed by atoms with E-state index in [1.807, 2.05) is 42.5 Å². The predicted molar refractivity (Wildman–Crippen MR) is 64.9 cm³/mol. The van der Waals surface area contributed by atoms with Crippen molar-refractivity contribution < 1.29 is 9.90 Å². The Kier molecular flexibility index (Phi) is 3.40. The number of aromatic carboxylic acids is 1. The Labute approximate surface area is 100 Å². The van der Waals surface area contributed by atoms with Crippen LogP contribution < -0.4 is 8.92 Å². The van der Waals surface area contributed by atoms with Crippen LogP contribution in [-0.2, 0) is 0 Å². The van der Waals surface area contributed by atoms with E-state index in [0.717, 1.165) is 4.46 Å². The number of benzene rings is 2. The van der Waals surface area contributed by atoms with Crippen LogP contribution in [-0.4, -0.2) is 26.0 Å². The second-order valence-corrected chi connectivity index (χ2v) is 5.56. The van der Waals surface area contributed by atoms with Gasteiger partial charge in [0.15, 0.2) is 0 Å². The van der Waals surface area contributed by atoms with E-state index in [9.17, 15) is 4.79 Å². The maximum absolute atomic E-state index is 11.0. The zero-order chi connectivity index (χ0) is 11.4. The summed E-state index contributed by atoms with van der Waals surface area (Å²) in [5.41, 5.74) is 0.409. The molecule has 1 N–H and O–H groups in total. The van der Waals surface area contributed by atoms with Gasteiger partial charge in [-0.2, -0.15) is 0 Å². The molecule has 0 atom stereocenters. The first-order chi connectivity index (χ1) is 7.77. The van der Waals surface area contributed by atoms with E-state index < -0.39 is 5.97 Å². The van der Waals surface area contributed by atoms with Crippen molar-refractivity contribution in [3.63, 3.8) is 0 Å². The molecule has 0 radical (unpaired) electrons. The minimum absolute atomic E-state index is 0.0518. The van der Waals surface area contributed by atoms with Crippen molar-refractivity contribution in [3.8, 4) is 0 Å². The van der Waals surface area contributed by atoms with E-state index in [0.29, 0.717) is 5.56 Å². The van der Waals surface area contributed by atoms with Crippen LogP contribution in [0.4, 0.5) is 0 Å². The summed E-state index contributed by atoms with van der Waals surface area (Å²) < 4.78 is 2.09. The fourth-order valence-electron chi connectivity index (χ4n) is 1.35. The first kappa shape index (κ1) is 10.9. The molecule has 3 heteroatoms. The predicted octanol–water partition coefficient (Wildman–Crippen LogP) is 1.04. The average Bonchev–Trinajstić information content (AvgIpc) is 2.31. The van der Waals surface area contributed by atoms with Gasteiger partial charge in [-0.05, 0) is 0 Å². The molecular formula is C13H10O2Se. The number of carboxylic acids is 1. The molecule has 0 fully saturated rings. The van der Waals surface area contributed by atoms with Gasteiger partial charge in [0.25, 0.3) is 0 Å². The van der Waals surface area contributed by atoms with Crippen LogP contribution in [0.3, 0.4) is 0 Å². The van der Waals surface area contributed by atoms with Gasteiger partial charge in [-0.25, -0.2) is 0 Å². The summed E-state index contributed by atoms with van der Waals surface area (Å²) in [6, 6.07) is 17.1. The maximum atomic E-state index is 11.0. The Morgan fingerprint density at radius 3 is 2.25 bits per heavy atom. The second kappa shape index (κ2) is 4.97. The molecule has 0 aromatic heterocycles. The zero-order valence-electron chi connectivity index (χ0n) is 8.46. The summed E-state index contributed by atoms with van der Waals surface area (Å²) >= 11 is 0.0518. The van der Waals surface area contributed by atoms with Crippen LogP contribution in [0, 0.1) is 0 Å². The topological polar surface area (TPSA) is 37.3 Å². The van der Waals surface area contributed by atoms with Gasteiger partial charge in [-0.15, -0.1) is 0 Å². The van der Waals surface area contributed by atoms with Crippen molar-refractivity contribution in [1.29, 1.82) is 0 Å². The summed E-state index contributed by atoms with van der Waals surface area (Å²) in [7, 11) is 0. The van der Waals surface area contributed by atoms with E-state index in [4.69, 9.17) is 5.11 Å². The van der Waals surface area contributed by atoms with Crippen LogP contribution in [0.15, 0.2) is 54.6 Å². The molecule has 0 spiro atoms. The Balaban J connectivity index is 2.31. The summed E-state index contributed by atoms with van der Waals surface area (Å²) in [6.07, 6.45) is 0. The fourth-order valence-corrected chi connectivity index (χ4v) is 3.36. The fraction of sp³-hybridized carbons (Fsp3) is 0. The van der Waals surface area contributed by atoms with Gasteiger partial charge in [0.1, 0.15) is 0 Å². The Morgan fingerprint density at radius 1 is 0.938 bits per heavy atom. The van der Waals surface area contributed by atoms with Gasteiger partial charge >= 0.3 is 99.9 Å². The third-order valence-corrected chi connectivity index (χ3v) is 4.36. The minimum atomic E-state index is -0.853. The molecule has 0 saturated heterocycles. The molecule has 0 aliphatic carbocycles. The van der Waals surface area contributed by atoms with E-state index in [-0.39, 0.29) is 15.0 Å². The van der Waals surface area contributed by atoms with Gasteiger partial charge < -0.3 is 0 Å². The Bertz CT molecular complexity index is 494. The summed E-state index contributed by atoms with van der Waals surface area (Å²) in [5, 5.41) is 9.05. The first-order valence-corrected chi connectivity index (χ1v) is 6.54. The third-order valence-electron chi connectivity index (χ3n) is 2.09. The number of rotatable bonds is 3. The molecule has 0 bridgehead atoms. The van der Waals surface area contributed by atoms with Crippen molar-refractivity contribution in [2.45, 2.75) is 0 Å². The number of hydrogen-bond donors (Lipinski definition) is 1. The van der Waals surface area contributed by atoms with Crippen molar-refractivity contribution in [2.75, 3.05) is 0 Å². The molecule has 0 amide bonds. The first-order valence-electron chi connectivity index (χ1n) is 4.82. The van der Waals surface area contributed by atoms with Gasteiger partial charge in [-0.3, -0.25) is 0 Å². The molecule has 80 valence electrons. The van der Waals surface area contributed by atoms with Crippen molar-refractivity contribution >= 4 is 29.8 Å². The quantitative estimate of drug-likeness (QED) is 0.851. The van der Waals surface area contributed by atoms with Crippen LogP contribution in [0.2, 0.25) is 0 Å². The molecule has 16 heavy (non-hydrogen) atoms. The second-order valence-electron chi connectivity index (χ2n) is 3.22. The molecule has 0 aliphatic rings. The van der Waals surface area contributed by atoms with Crippen LogP contribution >= 0.6 is 0 Å². The zero-order valence-corrected chi connectivity index (χ0v) is 10.2. The van der Waals surface area contributed by atoms with Crippen molar-refractivity contribution in [1.82, 2.24) is 0 Å². The van der Waals surface area contributed by atoms with Crippen LogP contribution in [0.1, 0.15) is 10.4 Å². The molecule has 0 saturated carbocycles. The average molecular weight is 277 g/mol. The molecule has 2 aromatic carbocycles. The molecule has 0 heterocycles.